The van der Waals surface area contributed by atoms with Crippen molar-refractivity contribution in [2.75, 3.05) is 6.61 Å². The number of phenols is 2. The molecule has 2 N–H and O–H groups in total. The topological polar surface area (TPSA) is 49.7 Å². The van der Waals surface area contributed by atoms with Gasteiger partial charge in [0.2, 0.25) is 5.75 Å². The van der Waals surface area contributed by atoms with Crippen molar-refractivity contribution in [3.05, 3.63) is 17.2 Å². The summed E-state index contributed by atoms with van der Waals surface area (Å²) >= 11 is 0. The highest BCUT2D eigenvalue weighted by atomic mass is 16.5. The molecule has 0 spiro atoms. The van der Waals surface area contributed by atoms with Crippen LogP contribution in [-0.4, -0.2) is 16.8 Å². The molecule has 1 rings (SSSR count). The molecule has 0 aliphatic heterocycles. The lowest BCUT2D eigenvalue weighted by molar-refractivity contribution is 0.279. The molecule has 1 aromatic rings. The molecule has 144 valence electrons. The van der Waals surface area contributed by atoms with E-state index in [1.165, 1.54) is 38.5 Å². The average Bonchev–Trinajstić information content (AvgIpc) is 2.60. The van der Waals surface area contributed by atoms with E-state index >= 15 is 0 Å². The van der Waals surface area contributed by atoms with Crippen molar-refractivity contribution in [1.82, 2.24) is 0 Å². The lowest BCUT2D eigenvalue weighted by atomic mass is 9.97. The monoisotopic (exact) mass is 350 g/mol. The van der Waals surface area contributed by atoms with Gasteiger partial charge in [0, 0.05) is 5.56 Å². The summed E-state index contributed by atoms with van der Waals surface area (Å²) in [6.45, 7) is 7.10. The van der Waals surface area contributed by atoms with Crippen LogP contribution in [0, 0.1) is 0 Å². The molecule has 25 heavy (non-hydrogen) atoms. The van der Waals surface area contributed by atoms with Gasteiger partial charge in [0.25, 0.3) is 0 Å². The van der Waals surface area contributed by atoms with Gasteiger partial charge in [-0.2, -0.15) is 0 Å². The van der Waals surface area contributed by atoms with Crippen LogP contribution in [0.25, 0.3) is 0 Å². The van der Waals surface area contributed by atoms with Crippen LogP contribution >= 0.6 is 0 Å². The predicted molar refractivity (Wildman–Crippen MR) is 106 cm³/mol. The van der Waals surface area contributed by atoms with Crippen molar-refractivity contribution in [1.29, 1.82) is 0 Å². The Hall–Kier alpha value is -1.38. The van der Waals surface area contributed by atoms with Crippen LogP contribution in [0.1, 0.15) is 96.1 Å². The van der Waals surface area contributed by atoms with E-state index < -0.39 is 0 Å². The van der Waals surface area contributed by atoms with Crippen molar-refractivity contribution in [2.45, 2.75) is 97.8 Å². The highest BCUT2D eigenvalue weighted by Crippen LogP contribution is 2.41. The van der Waals surface area contributed by atoms with Crippen LogP contribution in [0.15, 0.2) is 6.07 Å². The summed E-state index contributed by atoms with van der Waals surface area (Å²) in [5.74, 6) is 0.352. The maximum atomic E-state index is 10.2. The number of hydrogen-bond donors (Lipinski definition) is 2. The van der Waals surface area contributed by atoms with Gasteiger partial charge in [0.05, 0.1) is 6.61 Å². The minimum Gasteiger partial charge on any atom is -0.504 e. The Morgan fingerprint density at radius 3 is 1.96 bits per heavy atom. The standard InChI is InChI=1S/C22H38O3/c1-4-7-8-9-10-11-12-13-16-25-22-19(15-6-3)18(14-5-2)17-20(23)21(22)24/h17,23-24H,4-16H2,1-3H3. The van der Waals surface area contributed by atoms with E-state index in [1.807, 2.05) is 0 Å². The molecule has 3 nitrogen and oxygen atoms in total. The fourth-order valence-corrected chi connectivity index (χ4v) is 3.31. The lowest BCUT2D eigenvalue weighted by Crippen LogP contribution is -2.04. The first kappa shape index (κ1) is 21.7. The first-order chi connectivity index (χ1) is 12.2. The second-order valence-corrected chi connectivity index (χ2v) is 7.03. The van der Waals surface area contributed by atoms with Crippen molar-refractivity contribution >= 4 is 0 Å². The van der Waals surface area contributed by atoms with Gasteiger partial charge >= 0.3 is 0 Å². The van der Waals surface area contributed by atoms with Crippen LogP contribution in [0.4, 0.5) is 0 Å². The smallest absolute Gasteiger partial charge is 0.200 e. The van der Waals surface area contributed by atoms with E-state index in [4.69, 9.17) is 4.74 Å². The molecule has 0 amide bonds. The van der Waals surface area contributed by atoms with Crippen LogP contribution in [0.5, 0.6) is 17.2 Å². The van der Waals surface area contributed by atoms with E-state index in [0.717, 1.165) is 49.7 Å². The Bertz CT molecular complexity index is 483. The second-order valence-electron chi connectivity index (χ2n) is 7.03. The number of ether oxygens (including phenoxy) is 1. The Kier molecular flexibility index (Phi) is 11.2. The summed E-state index contributed by atoms with van der Waals surface area (Å²) < 4.78 is 5.92. The molecule has 0 unspecified atom stereocenters. The minimum absolute atomic E-state index is 0.0609. The predicted octanol–water partition coefficient (Wildman–Crippen LogP) is 6.52. The normalized spacial score (nSPS) is 11.0. The molecule has 0 aromatic heterocycles. The molecule has 0 fully saturated rings. The number of rotatable bonds is 14. The fourth-order valence-electron chi connectivity index (χ4n) is 3.31. The highest BCUT2D eigenvalue weighted by molar-refractivity contribution is 5.57. The van der Waals surface area contributed by atoms with Gasteiger partial charge in [-0.1, -0.05) is 78.6 Å². The molecule has 0 radical (unpaired) electrons. The quantitative estimate of drug-likeness (QED) is 0.296. The summed E-state index contributed by atoms with van der Waals surface area (Å²) in [5.41, 5.74) is 2.17. The summed E-state index contributed by atoms with van der Waals surface area (Å²) in [7, 11) is 0. The molecule has 0 bridgehead atoms. The number of benzene rings is 1. The van der Waals surface area contributed by atoms with Gasteiger partial charge in [0.15, 0.2) is 11.5 Å². The van der Waals surface area contributed by atoms with Gasteiger partial charge in [-0.3, -0.25) is 0 Å². The average molecular weight is 351 g/mol. The van der Waals surface area contributed by atoms with Crippen LogP contribution in [-0.2, 0) is 12.8 Å². The molecule has 0 heterocycles. The Balaban J connectivity index is 2.53. The first-order valence-electron chi connectivity index (χ1n) is 10.3. The largest absolute Gasteiger partial charge is 0.504 e. The van der Waals surface area contributed by atoms with E-state index in [-0.39, 0.29) is 11.5 Å². The van der Waals surface area contributed by atoms with Crippen molar-refractivity contribution in [3.8, 4) is 17.2 Å². The Morgan fingerprint density at radius 1 is 0.760 bits per heavy atom. The van der Waals surface area contributed by atoms with Gasteiger partial charge in [0.1, 0.15) is 0 Å². The summed E-state index contributed by atoms with van der Waals surface area (Å²) in [6.07, 6.45) is 13.8. The molecule has 3 heteroatoms. The molecule has 1 aromatic carbocycles. The van der Waals surface area contributed by atoms with Crippen LogP contribution < -0.4 is 4.74 Å². The molecular formula is C22H38O3. The fraction of sp³-hybridized carbons (Fsp3) is 0.727. The van der Waals surface area contributed by atoms with Gasteiger partial charge in [-0.05, 0) is 30.9 Å². The molecule has 0 aliphatic carbocycles. The zero-order valence-corrected chi connectivity index (χ0v) is 16.6. The maximum Gasteiger partial charge on any atom is 0.200 e. The van der Waals surface area contributed by atoms with Crippen LogP contribution in [0.3, 0.4) is 0 Å². The Morgan fingerprint density at radius 2 is 1.36 bits per heavy atom. The van der Waals surface area contributed by atoms with Crippen molar-refractivity contribution < 1.29 is 14.9 Å². The zero-order chi connectivity index (χ0) is 18.5. The maximum absolute atomic E-state index is 10.2. The molecular weight excluding hydrogens is 312 g/mol. The first-order valence-corrected chi connectivity index (χ1v) is 10.3. The zero-order valence-electron chi connectivity index (χ0n) is 16.6. The SMILES string of the molecule is CCCCCCCCCCOc1c(O)c(O)cc(CCC)c1CCC. The second kappa shape index (κ2) is 12.9. The third-order valence-electron chi connectivity index (χ3n) is 4.69. The van der Waals surface area contributed by atoms with Crippen molar-refractivity contribution in [2.24, 2.45) is 0 Å². The minimum atomic E-state index is -0.0946. The Labute approximate surface area is 154 Å². The number of unbranched alkanes of at least 4 members (excludes halogenated alkanes) is 7. The number of aromatic hydroxyl groups is 2. The highest BCUT2D eigenvalue weighted by Gasteiger charge is 2.18. The van der Waals surface area contributed by atoms with Crippen LogP contribution in [0.2, 0.25) is 0 Å². The summed E-state index contributed by atoms with van der Waals surface area (Å²) in [6, 6.07) is 1.70. The van der Waals surface area contributed by atoms with Crippen molar-refractivity contribution in [3.63, 3.8) is 0 Å². The molecule has 0 saturated carbocycles. The third-order valence-corrected chi connectivity index (χ3v) is 4.69. The number of phenolic OH excluding ortho intramolecular Hbond substituents is 2. The lowest BCUT2D eigenvalue weighted by Gasteiger charge is -2.17. The van der Waals surface area contributed by atoms with Gasteiger partial charge in [-0.15, -0.1) is 0 Å². The molecule has 0 saturated heterocycles. The summed E-state index contributed by atoms with van der Waals surface area (Å²) in [4.78, 5) is 0. The molecule has 0 aliphatic rings. The van der Waals surface area contributed by atoms with Gasteiger partial charge < -0.3 is 14.9 Å². The van der Waals surface area contributed by atoms with E-state index in [2.05, 4.69) is 20.8 Å². The van der Waals surface area contributed by atoms with Gasteiger partial charge in [-0.25, -0.2) is 0 Å². The number of aryl methyl sites for hydroxylation is 1. The van der Waals surface area contributed by atoms with E-state index in [1.54, 1.807) is 6.07 Å². The van der Waals surface area contributed by atoms with E-state index in [9.17, 15) is 10.2 Å². The number of hydrogen-bond acceptors (Lipinski definition) is 3. The van der Waals surface area contributed by atoms with E-state index in [0.29, 0.717) is 12.4 Å². The third kappa shape index (κ3) is 7.58. The molecule has 0 atom stereocenters. The summed E-state index contributed by atoms with van der Waals surface area (Å²) in [5, 5.41) is 20.3.